The van der Waals surface area contributed by atoms with E-state index in [2.05, 4.69) is 40.9 Å². The number of nitrogens with one attached hydrogen (secondary N) is 1. The average molecular weight is 323 g/mol. The molecule has 0 bridgehead atoms. The lowest BCUT2D eigenvalue weighted by atomic mass is 9.97. The number of hydrazone groups is 1. The van der Waals surface area contributed by atoms with Crippen LogP contribution in [-0.4, -0.2) is 10.8 Å². The van der Waals surface area contributed by atoms with Gasteiger partial charge in [0.2, 0.25) is 0 Å². The van der Waals surface area contributed by atoms with Gasteiger partial charge in [0, 0.05) is 17.0 Å². The van der Waals surface area contributed by atoms with E-state index in [0.717, 1.165) is 16.8 Å². The predicted octanol–water partition coefficient (Wildman–Crippen LogP) is 4.64. The van der Waals surface area contributed by atoms with Gasteiger partial charge in [0.15, 0.2) is 0 Å². The minimum Gasteiger partial charge on any atom is -0.508 e. The minimum absolute atomic E-state index is 0.0600. The third-order valence-corrected chi connectivity index (χ3v) is 4.44. The van der Waals surface area contributed by atoms with Gasteiger partial charge in [-0.3, -0.25) is 0 Å². The molecule has 2 N–H and O–H groups in total. The Kier molecular flexibility index (Phi) is 3.43. The zero-order valence-corrected chi connectivity index (χ0v) is 13.1. The highest BCUT2D eigenvalue weighted by atomic mass is 35.5. The molecule has 23 heavy (non-hydrogen) atoms. The number of halogens is 1. The predicted molar refractivity (Wildman–Crippen MR) is 94.1 cm³/mol. The van der Waals surface area contributed by atoms with Crippen molar-refractivity contribution in [3.8, 4) is 5.75 Å². The second-order valence-corrected chi connectivity index (χ2v) is 6.15. The largest absolute Gasteiger partial charge is 0.508 e. The standard InChI is InChI=1S/C19H15ClN2O/c20-15-7-8-19(23)16(10-15)18-11-17(21-22-18)14-6-5-12-3-1-2-4-13(12)9-14/h1-10,18,22-23H,11H2. The third-order valence-electron chi connectivity index (χ3n) is 4.20. The first-order valence-corrected chi connectivity index (χ1v) is 7.88. The molecule has 0 aromatic heterocycles. The molecule has 4 heteroatoms. The molecule has 114 valence electrons. The monoisotopic (exact) mass is 322 g/mol. The molecule has 1 atom stereocenters. The summed E-state index contributed by atoms with van der Waals surface area (Å²) in [4.78, 5) is 0. The van der Waals surface area contributed by atoms with Crippen molar-refractivity contribution >= 4 is 28.1 Å². The van der Waals surface area contributed by atoms with Crippen LogP contribution in [-0.2, 0) is 0 Å². The molecule has 4 rings (SSSR count). The molecule has 0 aliphatic carbocycles. The summed E-state index contributed by atoms with van der Waals surface area (Å²) in [6, 6.07) is 19.6. The van der Waals surface area contributed by atoms with Crippen molar-refractivity contribution in [3.05, 3.63) is 76.8 Å². The number of phenolic OH excluding ortho intramolecular Hbond substituents is 1. The lowest BCUT2D eigenvalue weighted by Gasteiger charge is -2.12. The van der Waals surface area contributed by atoms with Crippen molar-refractivity contribution in [2.24, 2.45) is 5.10 Å². The number of hydrogen-bond donors (Lipinski definition) is 2. The van der Waals surface area contributed by atoms with Crippen molar-refractivity contribution in [2.45, 2.75) is 12.5 Å². The average Bonchev–Trinajstić information content (AvgIpc) is 3.06. The van der Waals surface area contributed by atoms with E-state index in [-0.39, 0.29) is 11.8 Å². The fraction of sp³-hybridized carbons (Fsp3) is 0.105. The Bertz CT molecular complexity index is 920. The van der Waals surface area contributed by atoms with Gasteiger partial charge in [0.1, 0.15) is 5.75 Å². The summed E-state index contributed by atoms with van der Waals surface area (Å²) in [6.07, 6.45) is 0.715. The van der Waals surface area contributed by atoms with Gasteiger partial charge in [-0.25, -0.2) is 0 Å². The number of phenols is 1. The quantitative estimate of drug-likeness (QED) is 0.722. The summed E-state index contributed by atoms with van der Waals surface area (Å²) in [5.41, 5.74) is 5.97. The Hall–Kier alpha value is -2.52. The van der Waals surface area contributed by atoms with Crippen molar-refractivity contribution < 1.29 is 5.11 Å². The maximum Gasteiger partial charge on any atom is 0.121 e. The Morgan fingerprint density at radius 1 is 1.00 bits per heavy atom. The smallest absolute Gasteiger partial charge is 0.121 e. The molecule has 3 aromatic carbocycles. The summed E-state index contributed by atoms with van der Waals surface area (Å²) in [7, 11) is 0. The normalized spacial score (nSPS) is 17.1. The third kappa shape index (κ3) is 2.64. The molecule has 0 fully saturated rings. The highest BCUT2D eigenvalue weighted by molar-refractivity contribution is 6.30. The van der Waals surface area contributed by atoms with E-state index in [9.17, 15) is 5.11 Å². The molecule has 0 saturated heterocycles. The lowest BCUT2D eigenvalue weighted by Crippen LogP contribution is -2.10. The number of aromatic hydroxyl groups is 1. The number of nitrogens with zero attached hydrogens (tertiary/aromatic N) is 1. The van der Waals surface area contributed by atoms with Crippen LogP contribution in [0.2, 0.25) is 5.02 Å². The van der Waals surface area contributed by atoms with Gasteiger partial charge >= 0.3 is 0 Å². The maximum atomic E-state index is 10.0. The molecule has 1 heterocycles. The Balaban J connectivity index is 1.63. The highest BCUT2D eigenvalue weighted by Crippen LogP contribution is 2.33. The van der Waals surface area contributed by atoms with Crippen LogP contribution in [0.1, 0.15) is 23.6 Å². The van der Waals surface area contributed by atoms with Crippen LogP contribution in [0, 0.1) is 0 Å². The second kappa shape index (κ2) is 5.60. The van der Waals surface area contributed by atoms with Gasteiger partial charge in [0.05, 0.1) is 11.8 Å². The van der Waals surface area contributed by atoms with Crippen LogP contribution in [0.25, 0.3) is 10.8 Å². The first-order chi connectivity index (χ1) is 11.2. The molecule has 3 nitrogen and oxygen atoms in total. The molecule has 0 spiro atoms. The van der Waals surface area contributed by atoms with Gasteiger partial charge in [0.25, 0.3) is 0 Å². The number of rotatable bonds is 2. The van der Waals surface area contributed by atoms with E-state index in [1.54, 1.807) is 18.2 Å². The van der Waals surface area contributed by atoms with Crippen LogP contribution < -0.4 is 5.43 Å². The van der Waals surface area contributed by atoms with Crippen molar-refractivity contribution in [3.63, 3.8) is 0 Å². The van der Waals surface area contributed by atoms with E-state index in [0.29, 0.717) is 11.4 Å². The van der Waals surface area contributed by atoms with Crippen LogP contribution >= 0.6 is 11.6 Å². The highest BCUT2D eigenvalue weighted by Gasteiger charge is 2.23. The molecule has 3 aromatic rings. The molecule has 0 amide bonds. The minimum atomic E-state index is -0.0600. The molecule has 0 saturated carbocycles. The summed E-state index contributed by atoms with van der Waals surface area (Å²) in [5, 5.41) is 17.5. The maximum absolute atomic E-state index is 10.0. The number of hydrogen-bond acceptors (Lipinski definition) is 3. The summed E-state index contributed by atoms with van der Waals surface area (Å²) < 4.78 is 0. The van der Waals surface area contributed by atoms with Crippen LogP contribution in [0.15, 0.2) is 65.8 Å². The molecular formula is C19H15ClN2O. The summed E-state index contributed by atoms with van der Waals surface area (Å²) in [5.74, 6) is 0.238. The molecule has 1 unspecified atom stereocenters. The van der Waals surface area contributed by atoms with Crippen LogP contribution in [0.4, 0.5) is 0 Å². The van der Waals surface area contributed by atoms with E-state index in [4.69, 9.17) is 11.6 Å². The van der Waals surface area contributed by atoms with Crippen molar-refractivity contribution in [1.29, 1.82) is 0 Å². The Morgan fingerprint density at radius 3 is 2.70 bits per heavy atom. The molecule has 1 aliphatic heterocycles. The van der Waals surface area contributed by atoms with Gasteiger partial charge < -0.3 is 10.5 Å². The van der Waals surface area contributed by atoms with Crippen LogP contribution in [0.3, 0.4) is 0 Å². The van der Waals surface area contributed by atoms with Gasteiger partial charge in [-0.2, -0.15) is 5.10 Å². The van der Waals surface area contributed by atoms with Crippen molar-refractivity contribution in [2.75, 3.05) is 0 Å². The summed E-state index contributed by atoms with van der Waals surface area (Å²) in [6.45, 7) is 0. The SMILES string of the molecule is Oc1ccc(Cl)cc1C1CC(c2ccc3ccccc3c2)=NN1. The topological polar surface area (TPSA) is 44.6 Å². The fourth-order valence-electron chi connectivity index (χ4n) is 2.98. The van der Waals surface area contributed by atoms with Crippen molar-refractivity contribution in [1.82, 2.24) is 5.43 Å². The zero-order chi connectivity index (χ0) is 15.8. The second-order valence-electron chi connectivity index (χ2n) is 5.71. The van der Waals surface area contributed by atoms with Gasteiger partial charge in [-0.15, -0.1) is 0 Å². The first-order valence-electron chi connectivity index (χ1n) is 7.50. The summed E-state index contributed by atoms with van der Waals surface area (Å²) >= 11 is 6.04. The Morgan fingerprint density at radius 2 is 1.83 bits per heavy atom. The number of fused-ring (bicyclic) bond motifs is 1. The number of benzene rings is 3. The Labute approximate surface area is 139 Å². The lowest BCUT2D eigenvalue weighted by molar-refractivity contribution is 0.455. The van der Waals surface area contributed by atoms with E-state index >= 15 is 0 Å². The molecular weight excluding hydrogens is 308 g/mol. The molecule has 1 aliphatic rings. The van der Waals surface area contributed by atoms with E-state index < -0.39 is 0 Å². The van der Waals surface area contributed by atoms with Crippen LogP contribution in [0.5, 0.6) is 5.75 Å². The van der Waals surface area contributed by atoms with Gasteiger partial charge in [-0.1, -0.05) is 48.0 Å². The zero-order valence-electron chi connectivity index (χ0n) is 12.3. The first kappa shape index (κ1) is 14.1. The van der Waals surface area contributed by atoms with Gasteiger partial charge in [-0.05, 0) is 40.6 Å². The fourth-order valence-corrected chi connectivity index (χ4v) is 3.16. The van der Waals surface area contributed by atoms with E-state index in [1.165, 1.54) is 10.8 Å². The van der Waals surface area contributed by atoms with E-state index in [1.807, 2.05) is 12.1 Å². The molecule has 0 radical (unpaired) electrons.